The lowest BCUT2D eigenvalue weighted by molar-refractivity contribution is -0.143. The summed E-state index contributed by atoms with van der Waals surface area (Å²) in [4.78, 5) is 16.2. The Bertz CT molecular complexity index is 1010. The molecule has 190 valence electrons. The van der Waals surface area contributed by atoms with Gasteiger partial charge >= 0.3 is 5.97 Å². The summed E-state index contributed by atoms with van der Waals surface area (Å²) in [5.41, 5.74) is 8.76. The van der Waals surface area contributed by atoms with Crippen LogP contribution in [0.15, 0.2) is 29.3 Å². The second kappa shape index (κ2) is 9.73. The number of carboxylic acids is 1. The summed E-state index contributed by atoms with van der Waals surface area (Å²) in [5.74, 6) is -0.130. The number of guanidine groups is 1. The molecule has 2 bridgehead atoms. The van der Waals surface area contributed by atoms with Crippen molar-refractivity contribution in [3.8, 4) is 5.75 Å². The van der Waals surface area contributed by atoms with E-state index in [1.54, 1.807) is 24.3 Å². The third-order valence-corrected chi connectivity index (χ3v) is 9.78. The van der Waals surface area contributed by atoms with E-state index in [4.69, 9.17) is 16.2 Å². The van der Waals surface area contributed by atoms with Gasteiger partial charge in [-0.3, -0.25) is 4.99 Å². The topological polar surface area (TPSA) is 157 Å². The first-order valence-corrected chi connectivity index (χ1v) is 13.5. The molecular weight excluding hydrogens is 456 g/mol. The van der Waals surface area contributed by atoms with Crippen LogP contribution in [0, 0.1) is 16.7 Å². The first-order valence-electron chi connectivity index (χ1n) is 11.9. The monoisotopic (exact) mass is 494 g/mol. The molecule has 6 N–H and O–H groups in total. The number of sulfonamides is 1. The second-order valence-corrected chi connectivity index (χ2v) is 12.2. The van der Waals surface area contributed by atoms with Crippen molar-refractivity contribution in [1.82, 2.24) is 4.72 Å². The van der Waals surface area contributed by atoms with E-state index < -0.39 is 21.5 Å². The number of nitrogens with zero attached hydrogens (tertiary/aromatic N) is 1. The van der Waals surface area contributed by atoms with Gasteiger partial charge in [-0.05, 0) is 79.9 Å². The standard InChI is InChI=1S/C24H38N4O5S/c1-22(2)17-10-12-24(22,13-11-17)16-34(31,32)28-23(3,20(29)30)18-6-8-19(9-7-18)33-15-5-4-14-27-21(25)26/h6-9,17,28H,4-5,10-16H2,1-3H3,(H,29,30)(H4,25,26,27). The molecule has 0 amide bonds. The van der Waals surface area contributed by atoms with E-state index in [1.165, 1.54) is 6.92 Å². The fourth-order valence-corrected chi connectivity index (χ4v) is 8.02. The summed E-state index contributed by atoms with van der Waals surface area (Å²) in [6.45, 7) is 6.69. The van der Waals surface area contributed by atoms with E-state index in [0.29, 0.717) is 30.4 Å². The number of benzene rings is 1. The van der Waals surface area contributed by atoms with Crippen LogP contribution < -0.4 is 20.9 Å². The van der Waals surface area contributed by atoms with Crippen LogP contribution in [0.1, 0.15) is 64.9 Å². The van der Waals surface area contributed by atoms with Crippen LogP contribution in [0.3, 0.4) is 0 Å². The zero-order chi connectivity index (χ0) is 25.2. The number of nitrogens with one attached hydrogen (secondary N) is 1. The van der Waals surface area contributed by atoms with Gasteiger partial charge < -0.3 is 21.3 Å². The van der Waals surface area contributed by atoms with E-state index in [9.17, 15) is 18.3 Å². The fourth-order valence-electron chi connectivity index (χ4n) is 5.73. The minimum Gasteiger partial charge on any atom is -0.494 e. The Labute approximate surface area is 202 Å². The van der Waals surface area contributed by atoms with Crippen molar-refractivity contribution in [1.29, 1.82) is 0 Å². The highest BCUT2D eigenvalue weighted by molar-refractivity contribution is 7.89. The lowest BCUT2D eigenvalue weighted by Gasteiger charge is -2.39. The van der Waals surface area contributed by atoms with Gasteiger partial charge in [0.15, 0.2) is 11.5 Å². The van der Waals surface area contributed by atoms with Gasteiger partial charge in [0, 0.05) is 6.54 Å². The van der Waals surface area contributed by atoms with Gasteiger partial charge in [-0.15, -0.1) is 0 Å². The highest BCUT2D eigenvalue weighted by Gasteiger charge is 2.60. The van der Waals surface area contributed by atoms with Crippen LogP contribution in [0.25, 0.3) is 0 Å². The molecule has 2 aliphatic carbocycles. The summed E-state index contributed by atoms with van der Waals surface area (Å²) in [6.07, 6.45) is 5.33. The summed E-state index contributed by atoms with van der Waals surface area (Å²) in [6, 6.07) is 6.49. The van der Waals surface area contributed by atoms with E-state index in [0.717, 1.165) is 38.5 Å². The van der Waals surface area contributed by atoms with E-state index in [1.807, 2.05) is 0 Å². The number of fused-ring (bicyclic) bond motifs is 2. The lowest BCUT2D eigenvalue weighted by Crippen LogP contribution is -2.52. The molecule has 0 heterocycles. The van der Waals surface area contributed by atoms with Crippen molar-refractivity contribution in [3.63, 3.8) is 0 Å². The first kappa shape index (κ1) is 26.3. The molecule has 10 heteroatoms. The molecule has 9 nitrogen and oxygen atoms in total. The smallest absolute Gasteiger partial charge is 0.329 e. The predicted octanol–water partition coefficient (Wildman–Crippen LogP) is 2.55. The molecule has 1 unspecified atom stereocenters. The van der Waals surface area contributed by atoms with Crippen LogP contribution in [0.2, 0.25) is 0 Å². The van der Waals surface area contributed by atoms with Crippen molar-refractivity contribution in [3.05, 3.63) is 29.8 Å². The number of aliphatic carboxylic acids is 1. The Hall–Kier alpha value is -2.33. The highest BCUT2D eigenvalue weighted by atomic mass is 32.2. The molecule has 0 saturated heterocycles. The van der Waals surface area contributed by atoms with E-state index in [-0.39, 0.29) is 22.5 Å². The highest BCUT2D eigenvalue weighted by Crippen LogP contribution is 2.66. The molecular formula is C24H38N4O5S. The van der Waals surface area contributed by atoms with Crippen molar-refractivity contribution in [2.75, 3.05) is 18.9 Å². The summed E-state index contributed by atoms with van der Waals surface area (Å²) in [7, 11) is -3.86. The number of nitrogens with two attached hydrogens (primary N) is 2. The van der Waals surface area contributed by atoms with Crippen LogP contribution >= 0.6 is 0 Å². The average Bonchev–Trinajstić information content (AvgIpc) is 3.12. The minimum absolute atomic E-state index is 0.0482. The predicted molar refractivity (Wildman–Crippen MR) is 132 cm³/mol. The molecule has 3 rings (SSSR count). The molecule has 0 radical (unpaired) electrons. The maximum atomic E-state index is 13.3. The zero-order valence-electron chi connectivity index (χ0n) is 20.3. The zero-order valence-corrected chi connectivity index (χ0v) is 21.2. The van der Waals surface area contributed by atoms with Crippen molar-refractivity contribution in [2.45, 2.75) is 64.8 Å². The van der Waals surface area contributed by atoms with Gasteiger partial charge in [-0.2, -0.15) is 4.72 Å². The lowest BCUT2D eigenvalue weighted by atomic mass is 9.71. The molecule has 34 heavy (non-hydrogen) atoms. The quantitative estimate of drug-likeness (QED) is 0.197. The van der Waals surface area contributed by atoms with Crippen molar-refractivity contribution < 1.29 is 23.1 Å². The molecule has 2 aliphatic rings. The van der Waals surface area contributed by atoms with Crippen molar-refractivity contribution in [2.24, 2.45) is 33.2 Å². The molecule has 0 aromatic heterocycles. The number of aliphatic imine (C=N–C) groups is 1. The van der Waals surface area contributed by atoms with Crippen LogP contribution in [0.5, 0.6) is 5.75 Å². The molecule has 1 aromatic carbocycles. The van der Waals surface area contributed by atoms with Crippen LogP contribution in [-0.2, 0) is 20.4 Å². The summed E-state index contributed by atoms with van der Waals surface area (Å²) < 4.78 is 34.7. The molecule has 1 aromatic rings. The van der Waals surface area contributed by atoms with E-state index in [2.05, 4.69) is 23.6 Å². The van der Waals surface area contributed by atoms with Gasteiger partial charge in [0.1, 0.15) is 5.75 Å². The SMILES string of the molecule is CC(NS(=O)(=O)CC12CCC(CC1)C2(C)C)(C(=O)O)c1ccc(OCCCCN=C(N)N)cc1. The van der Waals surface area contributed by atoms with Gasteiger partial charge in [-0.1, -0.05) is 26.0 Å². The van der Waals surface area contributed by atoms with Gasteiger partial charge in [0.2, 0.25) is 10.0 Å². The van der Waals surface area contributed by atoms with Gasteiger partial charge in [0.05, 0.1) is 12.4 Å². The Kier molecular flexibility index (Phi) is 7.52. The maximum absolute atomic E-state index is 13.3. The third kappa shape index (κ3) is 5.33. The number of hydrogen-bond donors (Lipinski definition) is 4. The largest absolute Gasteiger partial charge is 0.494 e. The number of carboxylic acid groups (broad SMARTS) is 1. The Morgan fingerprint density at radius 3 is 2.32 bits per heavy atom. The molecule has 1 atom stereocenters. The average molecular weight is 495 g/mol. The summed E-state index contributed by atoms with van der Waals surface area (Å²) in [5, 5.41) is 9.99. The number of unbranched alkanes of at least 4 members (excludes halogenated alkanes) is 1. The third-order valence-electron chi connectivity index (χ3n) is 8.13. The Morgan fingerprint density at radius 1 is 1.21 bits per heavy atom. The van der Waals surface area contributed by atoms with Crippen LogP contribution in [-0.4, -0.2) is 44.4 Å². The molecule has 2 saturated carbocycles. The van der Waals surface area contributed by atoms with Crippen molar-refractivity contribution >= 4 is 22.0 Å². The first-order chi connectivity index (χ1) is 15.8. The molecule has 0 spiro atoms. The Morgan fingerprint density at radius 2 is 1.82 bits per heavy atom. The van der Waals surface area contributed by atoms with Crippen LogP contribution in [0.4, 0.5) is 0 Å². The van der Waals surface area contributed by atoms with E-state index >= 15 is 0 Å². The normalized spacial score (nSPS) is 25.0. The second-order valence-electron chi connectivity index (χ2n) is 10.5. The number of hydrogen-bond acceptors (Lipinski definition) is 5. The van der Waals surface area contributed by atoms with Gasteiger partial charge in [0.25, 0.3) is 0 Å². The number of rotatable bonds is 12. The summed E-state index contributed by atoms with van der Waals surface area (Å²) >= 11 is 0. The maximum Gasteiger partial charge on any atom is 0.329 e. The van der Waals surface area contributed by atoms with Gasteiger partial charge in [-0.25, -0.2) is 13.2 Å². The fraction of sp³-hybridized carbons (Fsp3) is 0.667. The minimum atomic E-state index is -3.86. The molecule has 2 fully saturated rings. The molecule has 0 aliphatic heterocycles. The number of ether oxygens (including phenoxy) is 1. The number of carbonyl (C=O) groups is 1. The Balaban J connectivity index is 1.66.